The van der Waals surface area contributed by atoms with Gasteiger partial charge in [0, 0.05) is 0 Å². The number of phenolic OH excluding ortho intramolecular Hbond substituents is 2. The summed E-state index contributed by atoms with van der Waals surface area (Å²) in [4.78, 5) is 0. The maximum absolute atomic E-state index is 9.55. The number of hydrogen-bond acceptors (Lipinski definition) is 2. The molecule has 0 heterocycles. The van der Waals surface area contributed by atoms with Crippen LogP contribution in [0.5, 0.6) is 11.5 Å². The van der Waals surface area contributed by atoms with Gasteiger partial charge in [-0.3, -0.25) is 0 Å². The molecule has 21 heavy (non-hydrogen) atoms. The highest BCUT2D eigenvalue weighted by molar-refractivity contribution is 6.68. The Hall–Kier alpha value is -1.09. The van der Waals surface area contributed by atoms with Crippen LogP contribution in [0.4, 0.5) is 0 Å². The van der Waals surface area contributed by atoms with Crippen molar-refractivity contribution < 1.29 is 10.2 Å². The molecule has 0 aliphatic heterocycles. The van der Waals surface area contributed by atoms with Crippen LogP contribution in [0.15, 0.2) is 36.4 Å². The Morgan fingerprint density at radius 3 is 1.48 bits per heavy atom. The molecule has 0 aliphatic rings. The first-order chi connectivity index (χ1) is 9.70. The average Bonchev–Trinajstić information content (AvgIpc) is 2.33. The van der Waals surface area contributed by atoms with Crippen molar-refractivity contribution in [2.75, 3.05) is 0 Å². The van der Waals surface area contributed by atoms with E-state index in [-0.39, 0.29) is 11.5 Å². The van der Waals surface area contributed by atoms with Crippen molar-refractivity contribution >= 4 is 34.8 Å². The third-order valence-electron chi connectivity index (χ3n) is 3.46. The molecule has 112 valence electrons. The Balaban J connectivity index is 2.64. The van der Waals surface area contributed by atoms with E-state index < -0.39 is 9.71 Å². The lowest BCUT2D eigenvalue weighted by molar-refractivity contribution is 0.474. The summed E-state index contributed by atoms with van der Waals surface area (Å²) in [5, 5.41) is 19.1. The van der Waals surface area contributed by atoms with Gasteiger partial charge in [0.25, 0.3) is 0 Å². The third-order valence-corrected chi connectivity index (χ3v) is 4.11. The maximum Gasteiger partial charge on any atom is 0.201 e. The molecule has 5 heteroatoms. The normalized spacial score (nSPS) is 11.9. The lowest BCUT2D eigenvalue weighted by Crippen LogP contribution is -2.20. The van der Waals surface area contributed by atoms with Crippen LogP contribution in [0.25, 0.3) is 0 Å². The van der Waals surface area contributed by atoms with Crippen molar-refractivity contribution in [2.45, 2.75) is 23.6 Å². The molecular formula is C16H15Cl3O2. The Labute approximate surface area is 138 Å². The number of benzene rings is 2. The molecule has 0 aliphatic carbocycles. The van der Waals surface area contributed by atoms with E-state index >= 15 is 0 Å². The monoisotopic (exact) mass is 344 g/mol. The van der Waals surface area contributed by atoms with Gasteiger partial charge >= 0.3 is 0 Å². The minimum atomic E-state index is -1.55. The molecular weight excluding hydrogens is 331 g/mol. The second-order valence-corrected chi connectivity index (χ2v) is 7.43. The van der Waals surface area contributed by atoms with Gasteiger partial charge < -0.3 is 10.2 Å². The topological polar surface area (TPSA) is 40.5 Å². The zero-order valence-electron chi connectivity index (χ0n) is 11.6. The summed E-state index contributed by atoms with van der Waals surface area (Å²) in [6, 6.07) is 9.92. The van der Waals surface area contributed by atoms with Gasteiger partial charge in [-0.25, -0.2) is 0 Å². The Morgan fingerprint density at radius 1 is 0.810 bits per heavy atom. The fourth-order valence-corrected chi connectivity index (χ4v) is 3.19. The molecule has 2 aromatic rings. The average molecular weight is 346 g/mol. The van der Waals surface area contributed by atoms with E-state index in [4.69, 9.17) is 34.8 Å². The molecule has 2 N–H and O–H groups in total. The second kappa shape index (κ2) is 5.96. The summed E-state index contributed by atoms with van der Waals surface area (Å²) in [6.07, 6.45) is 0. The second-order valence-electron chi connectivity index (χ2n) is 5.06. The van der Waals surface area contributed by atoms with E-state index in [0.717, 1.165) is 22.3 Å². The Morgan fingerprint density at radius 2 is 1.19 bits per heavy atom. The quantitative estimate of drug-likeness (QED) is 0.733. The highest BCUT2D eigenvalue weighted by Gasteiger charge is 2.37. The molecule has 0 atom stereocenters. The third kappa shape index (κ3) is 3.57. The van der Waals surface area contributed by atoms with Crippen LogP contribution < -0.4 is 0 Å². The minimum absolute atomic E-state index is 0.168. The molecule has 2 nitrogen and oxygen atoms in total. The van der Waals surface area contributed by atoms with Gasteiger partial charge in [-0.2, -0.15) is 0 Å². The lowest BCUT2D eigenvalue weighted by atomic mass is 9.87. The first kappa shape index (κ1) is 16.3. The number of aromatic hydroxyl groups is 2. The van der Waals surface area contributed by atoms with E-state index in [1.54, 1.807) is 36.4 Å². The SMILES string of the molecule is Cc1cc(O)ccc1C(c1ccc(O)cc1C)C(Cl)(Cl)Cl. The number of phenols is 2. The van der Waals surface area contributed by atoms with Gasteiger partial charge in [-0.05, 0) is 60.4 Å². The molecule has 0 fully saturated rings. The van der Waals surface area contributed by atoms with E-state index in [1.165, 1.54) is 0 Å². The lowest BCUT2D eigenvalue weighted by Gasteiger charge is -2.28. The van der Waals surface area contributed by atoms with E-state index in [0.29, 0.717) is 0 Å². The van der Waals surface area contributed by atoms with Crippen molar-refractivity contribution in [1.29, 1.82) is 0 Å². The van der Waals surface area contributed by atoms with E-state index in [1.807, 2.05) is 13.8 Å². The fraction of sp³-hybridized carbons (Fsp3) is 0.250. The predicted octanol–water partition coefficient (Wildman–Crippen LogP) is 5.22. The smallest absolute Gasteiger partial charge is 0.201 e. The highest BCUT2D eigenvalue weighted by atomic mass is 35.6. The van der Waals surface area contributed by atoms with Crippen LogP contribution >= 0.6 is 34.8 Å². The molecule has 2 rings (SSSR count). The van der Waals surface area contributed by atoms with Crippen molar-refractivity contribution in [3.8, 4) is 11.5 Å². The summed E-state index contributed by atoms with van der Waals surface area (Å²) < 4.78 is -1.55. The van der Waals surface area contributed by atoms with Crippen LogP contribution in [0.2, 0.25) is 0 Å². The largest absolute Gasteiger partial charge is 0.508 e. The molecule has 0 amide bonds. The summed E-state index contributed by atoms with van der Waals surface area (Å²) in [5.74, 6) is -0.160. The van der Waals surface area contributed by atoms with Crippen LogP contribution in [0, 0.1) is 13.8 Å². The summed E-state index contributed by atoms with van der Waals surface area (Å²) >= 11 is 18.6. The van der Waals surface area contributed by atoms with Crippen LogP contribution in [0.3, 0.4) is 0 Å². The molecule has 0 saturated carbocycles. The highest BCUT2D eigenvalue weighted by Crippen LogP contribution is 2.48. The van der Waals surface area contributed by atoms with Gasteiger partial charge in [-0.1, -0.05) is 46.9 Å². The number of hydrogen-bond donors (Lipinski definition) is 2. The first-order valence-electron chi connectivity index (χ1n) is 6.36. The maximum atomic E-state index is 9.55. The van der Waals surface area contributed by atoms with E-state index in [9.17, 15) is 10.2 Å². The van der Waals surface area contributed by atoms with Gasteiger partial charge in [0.1, 0.15) is 11.5 Å². The zero-order valence-corrected chi connectivity index (χ0v) is 13.8. The number of rotatable bonds is 2. The number of halogens is 3. The summed E-state index contributed by atoms with van der Waals surface area (Å²) in [7, 11) is 0. The zero-order chi connectivity index (χ0) is 15.8. The van der Waals surface area contributed by atoms with Crippen molar-refractivity contribution in [1.82, 2.24) is 0 Å². The van der Waals surface area contributed by atoms with Crippen LogP contribution in [-0.4, -0.2) is 14.0 Å². The predicted molar refractivity (Wildman–Crippen MR) is 87.8 cm³/mol. The van der Waals surface area contributed by atoms with Crippen LogP contribution in [-0.2, 0) is 0 Å². The van der Waals surface area contributed by atoms with Gasteiger partial charge in [0.2, 0.25) is 3.79 Å². The van der Waals surface area contributed by atoms with Crippen molar-refractivity contribution in [3.05, 3.63) is 58.7 Å². The standard InChI is InChI=1S/C16H15Cl3O2/c1-9-7-11(20)3-5-13(9)15(16(17,18)19)14-6-4-12(21)8-10(14)2/h3-8,15,20-21H,1-2H3. The minimum Gasteiger partial charge on any atom is -0.508 e. The summed E-state index contributed by atoms with van der Waals surface area (Å²) in [6.45, 7) is 3.71. The van der Waals surface area contributed by atoms with Gasteiger partial charge in [-0.15, -0.1) is 0 Å². The molecule has 0 aromatic heterocycles. The van der Waals surface area contributed by atoms with Crippen molar-refractivity contribution in [2.24, 2.45) is 0 Å². The van der Waals surface area contributed by atoms with Gasteiger partial charge in [0.15, 0.2) is 0 Å². The summed E-state index contributed by atoms with van der Waals surface area (Å²) in [5.41, 5.74) is 3.31. The molecule has 0 saturated heterocycles. The van der Waals surface area contributed by atoms with Crippen molar-refractivity contribution in [3.63, 3.8) is 0 Å². The van der Waals surface area contributed by atoms with Gasteiger partial charge in [0.05, 0.1) is 5.92 Å². The van der Waals surface area contributed by atoms with Crippen LogP contribution in [0.1, 0.15) is 28.2 Å². The Bertz CT molecular complexity index is 612. The Kier molecular flexibility index (Phi) is 4.62. The number of alkyl halides is 3. The molecule has 0 spiro atoms. The number of aryl methyl sites for hydroxylation is 2. The molecule has 0 radical (unpaired) electrons. The first-order valence-corrected chi connectivity index (χ1v) is 7.49. The molecule has 2 aromatic carbocycles. The fourth-order valence-electron chi connectivity index (χ4n) is 2.49. The molecule has 0 bridgehead atoms. The van der Waals surface area contributed by atoms with E-state index in [2.05, 4.69) is 0 Å². The molecule has 0 unspecified atom stereocenters.